The molecule has 2 aromatic rings. The van der Waals surface area contributed by atoms with Crippen molar-refractivity contribution in [2.75, 3.05) is 0 Å². The molecule has 0 bridgehead atoms. The lowest BCUT2D eigenvalue weighted by atomic mass is 10.2. The van der Waals surface area contributed by atoms with E-state index in [0.29, 0.717) is 6.04 Å². The molecule has 1 aromatic carbocycles. The standard InChI is InChI=1S/C15H17BrN2O/c1-11(2)18-9-12-5-6-13(16)8-15(12)19-14-4-3-7-17-10-14/h3-8,10-11,18H,9H2,1-2H3. The molecule has 0 aliphatic carbocycles. The summed E-state index contributed by atoms with van der Waals surface area (Å²) in [6.07, 6.45) is 3.44. The van der Waals surface area contributed by atoms with E-state index in [9.17, 15) is 0 Å². The third-order valence-corrected chi connectivity index (χ3v) is 3.09. The average Bonchev–Trinajstić information content (AvgIpc) is 2.39. The predicted octanol–water partition coefficient (Wildman–Crippen LogP) is 4.13. The minimum atomic E-state index is 0.440. The molecule has 100 valence electrons. The number of ether oxygens (including phenoxy) is 1. The summed E-state index contributed by atoms with van der Waals surface area (Å²) in [6, 6.07) is 10.3. The van der Waals surface area contributed by atoms with Gasteiger partial charge in [0.25, 0.3) is 0 Å². The topological polar surface area (TPSA) is 34.1 Å². The van der Waals surface area contributed by atoms with Crippen molar-refractivity contribution in [2.24, 2.45) is 0 Å². The number of benzene rings is 1. The first-order valence-corrected chi connectivity index (χ1v) is 7.04. The van der Waals surface area contributed by atoms with Crippen molar-refractivity contribution < 1.29 is 4.74 Å². The van der Waals surface area contributed by atoms with Gasteiger partial charge in [0, 0.05) is 28.8 Å². The van der Waals surface area contributed by atoms with E-state index in [-0.39, 0.29) is 0 Å². The molecule has 4 heteroatoms. The summed E-state index contributed by atoms with van der Waals surface area (Å²) in [6.45, 7) is 5.03. The van der Waals surface area contributed by atoms with Crippen LogP contribution in [0.2, 0.25) is 0 Å². The van der Waals surface area contributed by atoms with E-state index < -0.39 is 0 Å². The van der Waals surface area contributed by atoms with Crippen molar-refractivity contribution in [3.05, 3.63) is 52.8 Å². The molecular weight excluding hydrogens is 304 g/mol. The van der Waals surface area contributed by atoms with E-state index in [4.69, 9.17) is 4.74 Å². The Bertz CT molecular complexity index is 529. The quantitative estimate of drug-likeness (QED) is 0.899. The number of rotatable bonds is 5. The van der Waals surface area contributed by atoms with Crippen molar-refractivity contribution in [3.63, 3.8) is 0 Å². The van der Waals surface area contributed by atoms with Crippen LogP contribution in [-0.4, -0.2) is 11.0 Å². The van der Waals surface area contributed by atoms with Crippen LogP contribution in [0.15, 0.2) is 47.2 Å². The molecule has 1 N–H and O–H groups in total. The second kappa shape index (κ2) is 6.68. The lowest BCUT2D eigenvalue weighted by Gasteiger charge is -2.13. The Hall–Kier alpha value is -1.39. The van der Waals surface area contributed by atoms with Crippen LogP contribution < -0.4 is 10.1 Å². The van der Waals surface area contributed by atoms with Crippen LogP contribution in [0.5, 0.6) is 11.5 Å². The number of nitrogens with zero attached hydrogens (tertiary/aromatic N) is 1. The van der Waals surface area contributed by atoms with Crippen LogP contribution in [0.4, 0.5) is 0 Å². The highest BCUT2D eigenvalue weighted by Crippen LogP contribution is 2.28. The number of aromatic nitrogens is 1. The highest BCUT2D eigenvalue weighted by atomic mass is 79.9. The number of halogens is 1. The number of hydrogen-bond acceptors (Lipinski definition) is 3. The average molecular weight is 321 g/mol. The van der Waals surface area contributed by atoms with Gasteiger partial charge in [-0.1, -0.05) is 35.8 Å². The molecule has 0 spiro atoms. The molecule has 0 radical (unpaired) electrons. The zero-order valence-electron chi connectivity index (χ0n) is 11.1. The minimum Gasteiger partial charge on any atom is -0.455 e. The lowest BCUT2D eigenvalue weighted by Crippen LogP contribution is -2.22. The van der Waals surface area contributed by atoms with Crippen LogP contribution in [-0.2, 0) is 6.54 Å². The lowest BCUT2D eigenvalue weighted by molar-refractivity contribution is 0.467. The third-order valence-electron chi connectivity index (χ3n) is 2.59. The van der Waals surface area contributed by atoms with Gasteiger partial charge in [-0.05, 0) is 24.3 Å². The Morgan fingerprint density at radius 2 is 2.16 bits per heavy atom. The molecule has 0 atom stereocenters. The fraction of sp³-hybridized carbons (Fsp3) is 0.267. The van der Waals surface area contributed by atoms with Gasteiger partial charge in [-0.3, -0.25) is 4.98 Å². The van der Waals surface area contributed by atoms with Crippen LogP contribution in [0, 0.1) is 0 Å². The first kappa shape index (κ1) is 14.0. The molecule has 1 heterocycles. The smallest absolute Gasteiger partial charge is 0.145 e. The number of pyridine rings is 1. The van der Waals surface area contributed by atoms with Gasteiger partial charge in [-0.2, -0.15) is 0 Å². The van der Waals surface area contributed by atoms with Crippen molar-refractivity contribution in [1.29, 1.82) is 0 Å². The SMILES string of the molecule is CC(C)NCc1ccc(Br)cc1Oc1cccnc1. The molecule has 1 aromatic heterocycles. The summed E-state index contributed by atoms with van der Waals surface area (Å²) in [5.41, 5.74) is 1.13. The van der Waals surface area contributed by atoms with Gasteiger partial charge in [0.2, 0.25) is 0 Å². The summed E-state index contributed by atoms with van der Waals surface area (Å²) in [5.74, 6) is 1.59. The first-order valence-electron chi connectivity index (χ1n) is 6.25. The molecule has 0 amide bonds. The fourth-order valence-corrected chi connectivity index (χ4v) is 1.96. The molecule has 0 fully saturated rings. The summed E-state index contributed by atoms with van der Waals surface area (Å²) in [7, 11) is 0. The molecule has 3 nitrogen and oxygen atoms in total. The Balaban J connectivity index is 2.19. The zero-order valence-corrected chi connectivity index (χ0v) is 12.6. The van der Waals surface area contributed by atoms with Gasteiger partial charge in [0.15, 0.2) is 0 Å². The van der Waals surface area contributed by atoms with Crippen molar-refractivity contribution in [2.45, 2.75) is 26.4 Å². The van der Waals surface area contributed by atoms with Gasteiger partial charge in [0.1, 0.15) is 11.5 Å². The van der Waals surface area contributed by atoms with Gasteiger partial charge < -0.3 is 10.1 Å². The zero-order chi connectivity index (χ0) is 13.7. The second-order valence-electron chi connectivity index (χ2n) is 4.58. The maximum atomic E-state index is 5.89. The van der Waals surface area contributed by atoms with Crippen LogP contribution in [0.25, 0.3) is 0 Å². The fourth-order valence-electron chi connectivity index (χ4n) is 1.62. The molecule has 2 rings (SSSR count). The molecule has 0 saturated carbocycles. The van der Waals surface area contributed by atoms with Crippen LogP contribution >= 0.6 is 15.9 Å². The van der Waals surface area contributed by atoms with Crippen LogP contribution in [0.3, 0.4) is 0 Å². The van der Waals surface area contributed by atoms with Crippen LogP contribution in [0.1, 0.15) is 19.4 Å². The van der Waals surface area contributed by atoms with Gasteiger partial charge in [0.05, 0.1) is 6.20 Å². The predicted molar refractivity (Wildman–Crippen MR) is 80.4 cm³/mol. The van der Waals surface area contributed by atoms with Crippen molar-refractivity contribution >= 4 is 15.9 Å². The van der Waals surface area contributed by atoms with E-state index in [1.54, 1.807) is 12.4 Å². The Kier molecular flexibility index (Phi) is 4.93. The maximum absolute atomic E-state index is 5.89. The summed E-state index contributed by atoms with van der Waals surface area (Å²) >= 11 is 3.47. The highest BCUT2D eigenvalue weighted by molar-refractivity contribution is 9.10. The molecule has 0 unspecified atom stereocenters. The Morgan fingerprint density at radius 1 is 1.32 bits per heavy atom. The number of hydrogen-bond donors (Lipinski definition) is 1. The Morgan fingerprint density at radius 3 is 2.84 bits per heavy atom. The van der Waals surface area contributed by atoms with E-state index >= 15 is 0 Å². The van der Waals surface area contributed by atoms with E-state index in [1.807, 2.05) is 24.3 Å². The maximum Gasteiger partial charge on any atom is 0.145 e. The normalized spacial score (nSPS) is 10.7. The second-order valence-corrected chi connectivity index (χ2v) is 5.49. The Labute approximate surface area is 122 Å². The van der Waals surface area contributed by atoms with Crippen molar-refractivity contribution in [1.82, 2.24) is 10.3 Å². The minimum absolute atomic E-state index is 0.440. The van der Waals surface area contributed by atoms with Gasteiger partial charge in [-0.15, -0.1) is 0 Å². The molecule has 19 heavy (non-hydrogen) atoms. The van der Waals surface area contributed by atoms with E-state index in [0.717, 1.165) is 28.1 Å². The van der Waals surface area contributed by atoms with E-state index in [2.05, 4.69) is 46.1 Å². The summed E-state index contributed by atoms with van der Waals surface area (Å²) in [4.78, 5) is 4.05. The summed E-state index contributed by atoms with van der Waals surface area (Å²) in [5, 5.41) is 3.40. The van der Waals surface area contributed by atoms with Crippen molar-refractivity contribution in [3.8, 4) is 11.5 Å². The first-order chi connectivity index (χ1) is 9.15. The molecule has 0 aliphatic heterocycles. The number of nitrogens with one attached hydrogen (secondary N) is 1. The van der Waals surface area contributed by atoms with Gasteiger partial charge >= 0.3 is 0 Å². The molecule has 0 saturated heterocycles. The third kappa shape index (κ3) is 4.33. The molecule has 0 aliphatic rings. The van der Waals surface area contributed by atoms with E-state index in [1.165, 1.54) is 0 Å². The largest absolute Gasteiger partial charge is 0.455 e. The summed E-state index contributed by atoms with van der Waals surface area (Å²) < 4.78 is 6.89. The monoisotopic (exact) mass is 320 g/mol. The van der Waals surface area contributed by atoms with Gasteiger partial charge in [-0.25, -0.2) is 0 Å². The molecular formula is C15H17BrN2O. The highest BCUT2D eigenvalue weighted by Gasteiger charge is 2.06.